The van der Waals surface area contributed by atoms with E-state index in [1.54, 1.807) is 48.5 Å². The Kier molecular flexibility index (Phi) is 7.46. The van der Waals surface area contributed by atoms with Gasteiger partial charge >= 0.3 is 11.9 Å². The van der Waals surface area contributed by atoms with Crippen molar-refractivity contribution in [1.82, 2.24) is 4.98 Å². The molecule has 4 aromatic rings. The lowest BCUT2D eigenvalue weighted by molar-refractivity contribution is 0.0600. The minimum atomic E-state index is -0.389. The number of thiazole rings is 1. The quantitative estimate of drug-likeness (QED) is 0.410. The largest absolute Gasteiger partial charge is 0.465 e. The lowest BCUT2D eigenvalue weighted by Gasteiger charge is -1.99. The van der Waals surface area contributed by atoms with Crippen LogP contribution in [-0.2, 0) is 4.74 Å². The Hall–Kier alpha value is -3.77. The lowest BCUT2D eigenvalue weighted by atomic mass is 10.2. The van der Waals surface area contributed by atoms with Crippen molar-refractivity contribution >= 4 is 23.3 Å². The summed E-state index contributed by atoms with van der Waals surface area (Å²) in [6, 6.07) is 27.6. The number of hydrogen-bond acceptors (Lipinski definition) is 6. The van der Waals surface area contributed by atoms with Gasteiger partial charge < -0.3 is 9.47 Å². The molecule has 0 saturated heterocycles. The van der Waals surface area contributed by atoms with Crippen molar-refractivity contribution in [3.8, 4) is 16.5 Å². The van der Waals surface area contributed by atoms with Gasteiger partial charge in [0.1, 0.15) is 0 Å². The molecule has 0 aliphatic rings. The molecule has 0 saturated carbocycles. The van der Waals surface area contributed by atoms with Gasteiger partial charge in [-0.1, -0.05) is 78.1 Å². The smallest absolute Gasteiger partial charge is 0.345 e. The molecule has 1 aromatic heterocycles. The van der Waals surface area contributed by atoms with Crippen molar-refractivity contribution in [3.63, 3.8) is 0 Å². The van der Waals surface area contributed by atoms with Crippen LogP contribution in [0.3, 0.4) is 0 Å². The third-order valence-electron chi connectivity index (χ3n) is 3.94. The highest BCUT2D eigenvalue weighted by molar-refractivity contribution is 7.11. The van der Waals surface area contributed by atoms with Crippen LogP contribution in [0, 0.1) is 0 Å². The average molecular weight is 417 g/mol. The highest BCUT2D eigenvalue weighted by Gasteiger charge is 2.11. The number of carbonyl (C=O) groups excluding carboxylic acids is 2. The van der Waals surface area contributed by atoms with E-state index >= 15 is 0 Å². The minimum Gasteiger partial charge on any atom is -0.465 e. The molecule has 5 nitrogen and oxygen atoms in total. The highest BCUT2D eigenvalue weighted by atomic mass is 32.1. The number of aromatic nitrogens is 1. The standard InChI is InChI=1S/C16H11NO2S.C8H8O2/c18-15(13-9-5-2-6-10-13)19-16-17-14(11-20-16)12-7-3-1-4-8-12;1-10-8(9)7-5-3-2-4-6-7/h1-11H;2-6H,1H3. The van der Waals surface area contributed by atoms with Crippen molar-refractivity contribution < 1.29 is 19.1 Å². The number of ether oxygens (including phenoxy) is 2. The molecule has 0 fully saturated rings. The van der Waals surface area contributed by atoms with Crippen LogP contribution in [-0.4, -0.2) is 24.0 Å². The van der Waals surface area contributed by atoms with Crippen LogP contribution in [0.5, 0.6) is 5.19 Å². The van der Waals surface area contributed by atoms with Crippen LogP contribution in [0.25, 0.3) is 11.3 Å². The Bertz CT molecular complexity index is 1080. The van der Waals surface area contributed by atoms with Crippen LogP contribution >= 0.6 is 11.3 Å². The van der Waals surface area contributed by atoms with Gasteiger partial charge in [0.05, 0.1) is 23.9 Å². The van der Waals surface area contributed by atoms with Crippen LogP contribution in [0.1, 0.15) is 20.7 Å². The summed E-state index contributed by atoms with van der Waals surface area (Å²) in [4.78, 5) is 27.0. The van der Waals surface area contributed by atoms with E-state index in [-0.39, 0.29) is 11.9 Å². The van der Waals surface area contributed by atoms with E-state index in [2.05, 4.69) is 9.72 Å². The van der Waals surface area contributed by atoms with Crippen molar-refractivity contribution in [2.24, 2.45) is 0 Å². The predicted molar refractivity (Wildman–Crippen MR) is 117 cm³/mol. The zero-order chi connectivity index (χ0) is 21.2. The third-order valence-corrected chi connectivity index (χ3v) is 4.65. The van der Waals surface area contributed by atoms with Crippen molar-refractivity contribution in [3.05, 3.63) is 108 Å². The Labute approximate surface area is 178 Å². The van der Waals surface area contributed by atoms with Gasteiger partial charge in [0.15, 0.2) is 0 Å². The summed E-state index contributed by atoms with van der Waals surface area (Å²) in [5.41, 5.74) is 2.92. The fourth-order valence-electron chi connectivity index (χ4n) is 2.45. The zero-order valence-electron chi connectivity index (χ0n) is 16.2. The fourth-order valence-corrected chi connectivity index (χ4v) is 3.13. The second-order valence-corrected chi connectivity index (χ2v) is 6.80. The van der Waals surface area contributed by atoms with Gasteiger partial charge in [-0.25, -0.2) is 14.6 Å². The molecule has 3 aromatic carbocycles. The fraction of sp³-hybridized carbons (Fsp3) is 0.0417. The summed E-state index contributed by atoms with van der Waals surface area (Å²) < 4.78 is 9.77. The van der Waals surface area contributed by atoms with Gasteiger partial charge in [-0.2, -0.15) is 0 Å². The first-order valence-electron chi connectivity index (χ1n) is 9.09. The molecule has 0 unspecified atom stereocenters. The van der Waals surface area contributed by atoms with Gasteiger partial charge in [-0.3, -0.25) is 0 Å². The molecule has 4 rings (SSSR count). The topological polar surface area (TPSA) is 65.5 Å². The highest BCUT2D eigenvalue weighted by Crippen LogP contribution is 2.26. The van der Waals surface area contributed by atoms with Crippen molar-refractivity contribution in [2.75, 3.05) is 7.11 Å². The maximum atomic E-state index is 11.9. The van der Waals surface area contributed by atoms with Gasteiger partial charge in [-0.15, -0.1) is 0 Å². The number of rotatable bonds is 4. The minimum absolute atomic E-state index is 0.291. The summed E-state index contributed by atoms with van der Waals surface area (Å²) in [6.45, 7) is 0. The molecule has 150 valence electrons. The van der Waals surface area contributed by atoms with Crippen LogP contribution in [0.15, 0.2) is 96.4 Å². The Morgan fingerprint density at radius 1 is 0.733 bits per heavy atom. The molecule has 0 aliphatic heterocycles. The molecule has 0 aliphatic carbocycles. The van der Waals surface area contributed by atoms with Crippen LogP contribution in [0.2, 0.25) is 0 Å². The SMILES string of the molecule is COC(=O)c1ccccc1.O=C(Oc1nc(-c2ccccc2)cs1)c1ccccc1. The summed E-state index contributed by atoms with van der Waals surface area (Å²) in [5.74, 6) is -0.680. The number of methoxy groups -OCH3 is 1. The predicted octanol–water partition coefficient (Wildman–Crippen LogP) is 5.50. The van der Waals surface area contributed by atoms with E-state index in [1.165, 1.54) is 18.4 Å². The second-order valence-electron chi connectivity index (χ2n) is 5.98. The summed E-state index contributed by atoms with van der Waals surface area (Å²) in [7, 11) is 1.37. The summed E-state index contributed by atoms with van der Waals surface area (Å²) >= 11 is 1.31. The first-order chi connectivity index (χ1) is 14.7. The monoisotopic (exact) mass is 417 g/mol. The molecule has 0 spiro atoms. The number of esters is 2. The normalized spacial score (nSPS) is 9.77. The molecule has 0 radical (unpaired) electrons. The molecular formula is C24H19NO4S. The third kappa shape index (κ3) is 5.86. The molecular weight excluding hydrogens is 398 g/mol. The van der Waals surface area contributed by atoms with Gasteiger partial charge in [0.25, 0.3) is 5.19 Å². The summed E-state index contributed by atoms with van der Waals surface area (Å²) in [5, 5.41) is 2.24. The van der Waals surface area contributed by atoms with Gasteiger partial charge in [0, 0.05) is 10.9 Å². The molecule has 0 amide bonds. The molecule has 0 N–H and O–H groups in total. The van der Waals surface area contributed by atoms with Gasteiger partial charge in [-0.05, 0) is 24.3 Å². The average Bonchev–Trinajstić information content (AvgIpc) is 3.29. The van der Waals surface area contributed by atoms with Crippen molar-refractivity contribution in [2.45, 2.75) is 0 Å². The first kappa shape index (κ1) is 21.0. The Morgan fingerprint density at radius 3 is 1.77 bits per heavy atom. The first-order valence-corrected chi connectivity index (χ1v) is 9.97. The molecule has 30 heavy (non-hydrogen) atoms. The number of benzene rings is 3. The van der Waals surface area contributed by atoms with Crippen LogP contribution in [0.4, 0.5) is 0 Å². The van der Waals surface area contributed by atoms with Crippen LogP contribution < -0.4 is 4.74 Å². The molecule has 6 heteroatoms. The zero-order valence-corrected chi connectivity index (χ0v) is 17.0. The molecule has 0 atom stereocenters. The van der Waals surface area contributed by atoms with E-state index in [4.69, 9.17) is 4.74 Å². The number of hydrogen-bond donors (Lipinski definition) is 0. The second kappa shape index (κ2) is 10.7. The summed E-state index contributed by atoms with van der Waals surface area (Å²) in [6.07, 6.45) is 0. The van der Waals surface area contributed by atoms with E-state index in [9.17, 15) is 9.59 Å². The molecule has 0 bridgehead atoms. The maximum absolute atomic E-state index is 11.9. The number of carbonyl (C=O) groups is 2. The lowest BCUT2D eigenvalue weighted by Crippen LogP contribution is -2.07. The number of nitrogens with zero attached hydrogens (tertiary/aromatic N) is 1. The van der Waals surface area contributed by atoms with E-state index in [0.29, 0.717) is 16.3 Å². The van der Waals surface area contributed by atoms with Gasteiger partial charge in [0.2, 0.25) is 0 Å². The van der Waals surface area contributed by atoms with Crippen molar-refractivity contribution in [1.29, 1.82) is 0 Å². The Morgan fingerprint density at radius 2 is 1.23 bits per heavy atom. The molecule has 1 heterocycles. The van der Waals surface area contributed by atoms with E-state index < -0.39 is 0 Å². The maximum Gasteiger partial charge on any atom is 0.345 e. The van der Waals surface area contributed by atoms with E-state index in [0.717, 1.165) is 11.3 Å². The Balaban J connectivity index is 0.000000216. The van der Waals surface area contributed by atoms with E-state index in [1.807, 2.05) is 47.8 Å².